The van der Waals surface area contributed by atoms with Gasteiger partial charge in [0.2, 0.25) is 0 Å². The normalized spacial score (nSPS) is 10.8. The van der Waals surface area contributed by atoms with Crippen LogP contribution in [0.5, 0.6) is 11.5 Å². The Morgan fingerprint density at radius 3 is 2.27 bits per heavy atom. The summed E-state index contributed by atoms with van der Waals surface area (Å²) < 4.78 is 23.7. The summed E-state index contributed by atoms with van der Waals surface area (Å²) in [5, 5.41) is 0. The van der Waals surface area contributed by atoms with Crippen molar-refractivity contribution in [3.05, 3.63) is 66.0 Å². The van der Waals surface area contributed by atoms with Gasteiger partial charge < -0.3 is 9.47 Å². The topological polar surface area (TPSA) is 35.5 Å². The molecule has 0 saturated heterocycles. The van der Waals surface area contributed by atoms with Gasteiger partial charge >= 0.3 is 5.97 Å². The van der Waals surface area contributed by atoms with Crippen LogP contribution in [0.15, 0.2) is 54.6 Å². The van der Waals surface area contributed by atoms with Crippen molar-refractivity contribution in [2.45, 2.75) is 39.0 Å². The number of benzene rings is 2. The molecule has 3 nitrogen and oxygen atoms in total. The zero-order chi connectivity index (χ0) is 18.6. The van der Waals surface area contributed by atoms with E-state index in [1.165, 1.54) is 43.9 Å². The summed E-state index contributed by atoms with van der Waals surface area (Å²) in [6.45, 7) is 2.90. The zero-order valence-corrected chi connectivity index (χ0v) is 15.1. The molecule has 0 fully saturated rings. The van der Waals surface area contributed by atoms with Crippen molar-refractivity contribution in [2.24, 2.45) is 0 Å². The summed E-state index contributed by atoms with van der Waals surface area (Å²) in [4.78, 5) is 11.8. The number of halogens is 1. The molecule has 0 saturated carbocycles. The Morgan fingerprint density at radius 2 is 1.58 bits per heavy atom. The smallest absolute Gasteiger partial charge is 0.336 e. The monoisotopic (exact) mass is 356 g/mol. The van der Waals surface area contributed by atoms with Crippen LogP contribution in [0, 0.1) is 5.82 Å². The van der Waals surface area contributed by atoms with Crippen LogP contribution in [0.1, 0.15) is 44.6 Å². The maximum Gasteiger partial charge on any atom is 0.336 e. The van der Waals surface area contributed by atoms with E-state index >= 15 is 0 Å². The van der Waals surface area contributed by atoms with E-state index in [4.69, 9.17) is 9.47 Å². The number of esters is 1. The number of hydrogen-bond donors (Lipinski definition) is 0. The molecule has 2 rings (SSSR count). The van der Waals surface area contributed by atoms with Crippen molar-refractivity contribution in [1.29, 1.82) is 0 Å². The number of carbonyl (C=O) groups is 1. The predicted molar refractivity (Wildman–Crippen MR) is 102 cm³/mol. The van der Waals surface area contributed by atoms with Gasteiger partial charge in [0.15, 0.2) is 0 Å². The van der Waals surface area contributed by atoms with Crippen molar-refractivity contribution in [2.75, 3.05) is 6.61 Å². The third-order valence-corrected chi connectivity index (χ3v) is 3.84. The Morgan fingerprint density at radius 1 is 0.923 bits per heavy atom. The highest BCUT2D eigenvalue weighted by Gasteiger charge is 2.02. The van der Waals surface area contributed by atoms with Gasteiger partial charge in [-0.25, -0.2) is 9.18 Å². The molecule has 26 heavy (non-hydrogen) atoms. The summed E-state index contributed by atoms with van der Waals surface area (Å²) in [6, 6.07) is 12.9. The number of carbonyl (C=O) groups excluding carboxylic acids is 1. The van der Waals surface area contributed by atoms with Gasteiger partial charge in [-0.05, 0) is 54.5 Å². The maximum atomic E-state index is 12.8. The highest BCUT2D eigenvalue weighted by molar-refractivity contribution is 5.88. The molecule has 2 aromatic rings. The van der Waals surface area contributed by atoms with Crippen LogP contribution in [0.2, 0.25) is 0 Å². The molecular formula is C22H25FO3. The number of rotatable bonds is 10. The molecule has 0 aromatic heterocycles. The molecule has 0 heterocycles. The van der Waals surface area contributed by atoms with Gasteiger partial charge in [0, 0.05) is 6.08 Å². The fourth-order valence-electron chi connectivity index (χ4n) is 2.39. The van der Waals surface area contributed by atoms with Crippen LogP contribution < -0.4 is 9.47 Å². The second kappa shape index (κ2) is 11.1. The first-order chi connectivity index (χ1) is 12.7. The Kier molecular flexibility index (Phi) is 8.40. The molecule has 0 N–H and O–H groups in total. The van der Waals surface area contributed by atoms with E-state index in [9.17, 15) is 9.18 Å². The minimum atomic E-state index is -0.487. The van der Waals surface area contributed by atoms with Crippen LogP contribution in [-0.4, -0.2) is 12.6 Å². The van der Waals surface area contributed by atoms with Crippen molar-refractivity contribution in [1.82, 2.24) is 0 Å². The first-order valence-electron chi connectivity index (χ1n) is 9.05. The van der Waals surface area contributed by atoms with Crippen LogP contribution >= 0.6 is 0 Å². The summed E-state index contributed by atoms with van der Waals surface area (Å²) in [5.41, 5.74) is 0.728. The van der Waals surface area contributed by atoms with Gasteiger partial charge in [-0.1, -0.05) is 44.7 Å². The SMILES string of the molecule is CCCCCCCOc1ccc(OC(=O)C=Cc2ccc(F)cc2)cc1. The lowest BCUT2D eigenvalue weighted by Crippen LogP contribution is -2.03. The van der Waals surface area contributed by atoms with Crippen molar-refractivity contribution < 1.29 is 18.7 Å². The summed E-state index contributed by atoms with van der Waals surface area (Å²) in [6.07, 6.45) is 8.89. The molecule has 138 valence electrons. The fourth-order valence-corrected chi connectivity index (χ4v) is 2.39. The van der Waals surface area contributed by atoms with E-state index in [0.717, 1.165) is 17.7 Å². The molecule has 2 aromatic carbocycles. The lowest BCUT2D eigenvalue weighted by Gasteiger charge is -2.07. The van der Waals surface area contributed by atoms with Gasteiger partial charge in [-0.3, -0.25) is 0 Å². The third kappa shape index (κ3) is 7.51. The molecule has 0 amide bonds. The second-order valence-electron chi connectivity index (χ2n) is 6.04. The Hall–Kier alpha value is -2.62. The molecule has 0 atom stereocenters. The largest absolute Gasteiger partial charge is 0.494 e. The molecule has 4 heteroatoms. The standard InChI is InChI=1S/C22H25FO3/c1-2-3-4-5-6-17-25-20-12-14-21(15-13-20)26-22(24)16-9-18-7-10-19(23)11-8-18/h7-16H,2-6,17H2,1H3. The van der Waals surface area contributed by atoms with Gasteiger partial charge in [0.25, 0.3) is 0 Å². The predicted octanol–water partition coefficient (Wildman–Crippen LogP) is 5.79. The molecule has 0 spiro atoms. The lowest BCUT2D eigenvalue weighted by molar-refractivity contribution is -0.128. The first-order valence-corrected chi connectivity index (χ1v) is 9.05. The zero-order valence-electron chi connectivity index (χ0n) is 15.1. The third-order valence-electron chi connectivity index (χ3n) is 3.84. The highest BCUT2D eigenvalue weighted by Crippen LogP contribution is 2.18. The summed E-state index contributed by atoms with van der Waals surface area (Å²) in [5.74, 6) is 0.420. The van der Waals surface area contributed by atoms with E-state index in [-0.39, 0.29) is 5.82 Å². The first kappa shape index (κ1) is 19.7. The minimum absolute atomic E-state index is 0.312. The average Bonchev–Trinajstić information content (AvgIpc) is 2.65. The second-order valence-corrected chi connectivity index (χ2v) is 6.04. The highest BCUT2D eigenvalue weighted by atomic mass is 19.1. The Bertz CT molecular complexity index is 690. The van der Waals surface area contributed by atoms with E-state index < -0.39 is 5.97 Å². The molecule has 0 aliphatic heterocycles. The van der Waals surface area contributed by atoms with E-state index in [1.807, 2.05) is 0 Å². The maximum absolute atomic E-state index is 12.8. The van der Waals surface area contributed by atoms with Crippen molar-refractivity contribution in [3.63, 3.8) is 0 Å². The van der Waals surface area contributed by atoms with Gasteiger partial charge in [0.1, 0.15) is 17.3 Å². The van der Waals surface area contributed by atoms with Crippen LogP contribution in [0.4, 0.5) is 4.39 Å². The molecule has 0 aliphatic carbocycles. The number of ether oxygens (including phenoxy) is 2. The van der Waals surface area contributed by atoms with Crippen LogP contribution in [-0.2, 0) is 4.79 Å². The molecule has 0 unspecified atom stereocenters. The van der Waals surface area contributed by atoms with Crippen LogP contribution in [0.25, 0.3) is 6.08 Å². The lowest BCUT2D eigenvalue weighted by atomic mass is 10.2. The molecule has 0 bridgehead atoms. The van der Waals surface area contributed by atoms with Crippen LogP contribution in [0.3, 0.4) is 0 Å². The van der Waals surface area contributed by atoms with Gasteiger partial charge in [-0.2, -0.15) is 0 Å². The fraction of sp³-hybridized carbons (Fsp3) is 0.318. The van der Waals surface area contributed by atoms with Crippen molar-refractivity contribution in [3.8, 4) is 11.5 Å². The van der Waals surface area contributed by atoms with Gasteiger partial charge in [0.05, 0.1) is 6.61 Å². The van der Waals surface area contributed by atoms with Gasteiger partial charge in [-0.15, -0.1) is 0 Å². The minimum Gasteiger partial charge on any atom is -0.494 e. The average molecular weight is 356 g/mol. The van der Waals surface area contributed by atoms with E-state index in [0.29, 0.717) is 12.4 Å². The summed E-state index contributed by atoms with van der Waals surface area (Å²) in [7, 11) is 0. The quantitative estimate of drug-likeness (QED) is 0.234. The Labute approximate surface area is 154 Å². The van der Waals surface area contributed by atoms with E-state index in [2.05, 4.69) is 6.92 Å². The van der Waals surface area contributed by atoms with E-state index in [1.54, 1.807) is 42.5 Å². The number of unbranched alkanes of at least 4 members (excludes halogenated alkanes) is 4. The Balaban J connectivity index is 1.73. The molecule has 0 aliphatic rings. The number of hydrogen-bond acceptors (Lipinski definition) is 3. The summed E-state index contributed by atoms with van der Waals surface area (Å²) >= 11 is 0. The van der Waals surface area contributed by atoms with Crippen molar-refractivity contribution >= 4 is 12.0 Å². The molecular weight excluding hydrogens is 331 g/mol. The molecule has 0 radical (unpaired) electrons.